The smallest absolute Gasteiger partial charge is 0.191 e. The second-order valence-corrected chi connectivity index (χ2v) is 7.18. The molecule has 0 saturated carbocycles. The number of hydrogen-bond donors (Lipinski definition) is 2. The molecule has 5 nitrogen and oxygen atoms in total. The van der Waals surface area contributed by atoms with Crippen molar-refractivity contribution in [1.82, 2.24) is 10.6 Å². The summed E-state index contributed by atoms with van der Waals surface area (Å²) < 4.78 is 22.0. The maximum absolute atomic E-state index is 11.0. The van der Waals surface area contributed by atoms with Crippen LogP contribution in [0.3, 0.4) is 0 Å². The third-order valence-corrected chi connectivity index (χ3v) is 3.68. The largest absolute Gasteiger partial charge is 0.357 e. The molecule has 0 amide bonds. The monoisotopic (exact) mass is 405 g/mol. The maximum Gasteiger partial charge on any atom is 0.191 e. The predicted molar refractivity (Wildman–Crippen MR) is 93.2 cm³/mol. The Morgan fingerprint density at radius 1 is 1.26 bits per heavy atom. The maximum atomic E-state index is 11.0. The molecule has 19 heavy (non-hydrogen) atoms. The van der Waals surface area contributed by atoms with Crippen LogP contribution in [0.25, 0.3) is 0 Å². The lowest BCUT2D eigenvalue weighted by molar-refractivity contribution is 0.481. The summed E-state index contributed by atoms with van der Waals surface area (Å²) in [5.41, 5.74) is 0. The second-order valence-electron chi connectivity index (χ2n) is 4.92. The van der Waals surface area contributed by atoms with Crippen molar-refractivity contribution in [3.05, 3.63) is 0 Å². The van der Waals surface area contributed by atoms with Crippen molar-refractivity contribution in [2.45, 2.75) is 40.2 Å². The molecule has 116 valence electrons. The van der Waals surface area contributed by atoms with Crippen molar-refractivity contribution >= 4 is 39.8 Å². The van der Waals surface area contributed by atoms with Crippen LogP contribution < -0.4 is 10.6 Å². The summed E-state index contributed by atoms with van der Waals surface area (Å²) >= 11 is 0. The zero-order chi connectivity index (χ0) is 14.2. The molecule has 0 saturated heterocycles. The Kier molecular flexibility index (Phi) is 12.0. The first kappa shape index (κ1) is 21.3. The van der Waals surface area contributed by atoms with Gasteiger partial charge in [0.2, 0.25) is 0 Å². The Bertz CT molecular complexity index is 356. The zero-order valence-corrected chi connectivity index (χ0v) is 15.7. The van der Waals surface area contributed by atoms with Gasteiger partial charge in [-0.3, -0.25) is 4.99 Å². The van der Waals surface area contributed by atoms with Crippen molar-refractivity contribution in [3.8, 4) is 0 Å². The summed E-state index contributed by atoms with van der Waals surface area (Å²) in [6.07, 6.45) is 1.81. The van der Waals surface area contributed by atoms with Crippen molar-refractivity contribution in [2.24, 2.45) is 10.9 Å². The second kappa shape index (κ2) is 10.7. The highest BCUT2D eigenvalue weighted by molar-refractivity contribution is 14.0. The van der Waals surface area contributed by atoms with E-state index in [1.807, 2.05) is 6.92 Å². The fraction of sp³-hybridized carbons (Fsp3) is 0.917. The quantitative estimate of drug-likeness (QED) is 0.293. The zero-order valence-electron chi connectivity index (χ0n) is 12.6. The highest BCUT2D eigenvalue weighted by Gasteiger charge is 2.08. The SMILES string of the molecule is CCNC(=NCCCS(C)(=O)=O)NC(C)C(C)C.I. The van der Waals surface area contributed by atoms with Gasteiger partial charge >= 0.3 is 0 Å². The van der Waals surface area contributed by atoms with Gasteiger partial charge in [0, 0.05) is 25.4 Å². The van der Waals surface area contributed by atoms with E-state index in [-0.39, 0.29) is 29.7 Å². The normalized spacial score (nSPS) is 13.9. The van der Waals surface area contributed by atoms with Gasteiger partial charge in [-0.25, -0.2) is 8.42 Å². The fourth-order valence-corrected chi connectivity index (χ4v) is 1.87. The van der Waals surface area contributed by atoms with E-state index in [1.54, 1.807) is 0 Å². The van der Waals surface area contributed by atoms with Gasteiger partial charge in [-0.15, -0.1) is 24.0 Å². The van der Waals surface area contributed by atoms with E-state index in [0.717, 1.165) is 12.5 Å². The topological polar surface area (TPSA) is 70.6 Å². The number of rotatable bonds is 7. The molecule has 0 aromatic carbocycles. The lowest BCUT2D eigenvalue weighted by Crippen LogP contribution is -2.44. The molecule has 1 atom stereocenters. The minimum Gasteiger partial charge on any atom is -0.357 e. The molecule has 0 fully saturated rings. The first-order valence-electron chi connectivity index (χ1n) is 6.48. The van der Waals surface area contributed by atoms with Crippen LogP contribution in [0.5, 0.6) is 0 Å². The highest BCUT2D eigenvalue weighted by Crippen LogP contribution is 1.99. The Morgan fingerprint density at radius 2 is 1.84 bits per heavy atom. The van der Waals surface area contributed by atoms with E-state index >= 15 is 0 Å². The minimum absolute atomic E-state index is 0. The molecule has 0 bridgehead atoms. The molecule has 0 radical (unpaired) electrons. The van der Waals surface area contributed by atoms with Crippen LogP contribution in [0.4, 0.5) is 0 Å². The van der Waals surface area contributed by atoms with Gasteiger partial charge in [0.25, 0.3) is 0 Å². The van der Waals surface area contributed by atoms with Gasteiger partial charge in [0.1, 0.15) is 9.84 Å². The van der Waals surface area contributed by atoms with E-state index in [2.05, 4.69) is 36.4 Å². The van der Waals surface area contributed by atoms with Gasteiger partial charge in [-0.05, 0) is 26.2 Å². The van der Waals surface area contributed by atoms with Crippen LogP contribution in [0.15, 0.2) is 4.99 Å². The molecule has 0 spiro atoms. The summed E-state index contributed by atoms with van der Waals surface area (Å²) in [6.45, 7) is 9.72. The lowest BCUT2D eigenvalue weighted by Gasteiger charge is -2.20. The van der Waals surface area contributed by atoms with E-state index in [9.17, 15) is 8.42 Å². The number of nitrogens with zero attached hydrogens (tertiary/aromatic N) is 1. The Morgan fingerprint density at radius 3 is 2.26 bits per heavy atom. The molecule has 0 heterocycles. The molecule has 2 N–H and O–H groups in total. The minimum atomic E-state index is -2.88. The van der Waals surface area contributed by atoms with E-state index in [4.69, 9.17) is 0 Å². The van der Waals surface area contributed by atoms with Gasteiger partial charge in [-0.2, -0.15) is 0 Å². The molecular formula is C12H28IN3O2S. The van der Waals surface area contributed by atoms with Crippen molar-refractivity contribution in [2.75, 3.05) is 25.1 Å². The van der Waals surface area contributed by atoms with Crippen molar-refractivity contribution in [1.29, 1.82) is 0 Å². The van der Waals surface area contributed by atoms with E-state index in [1.165, 1.54) is 6.26 Å². The van der Waals surface area contributed by atoms with Crippen LogP contribution in [-0.4, -0.2) is 45.5 Å². The summed E-state index contributed by atoms with van der Waals surface area (Å²) in [4.78, 5) is 4.37. The third-order valence-electron chi connectivity index (χ3n) is 2.65. The number of sulfone groups is 1. The van der Waals surface area contributed by atoms with E-state index < -0.39 is 9.84 Å². The van der Waals surface area contributed by atoms with Crippen LogP contribution in [0.1, 0.15) is 34.1 Å². The molecule has 0 aliphatic heterocycles. The average molecular weight is 405 g/mol. The van der Waals surface area contributed by atoms with Crippen LogP contribution >= 0.6 is 24.0 Å². The summed E-state index contributed by atoms with van der Waals surface area (Å²) in [7, 11) is -2.88. The van der Waals surface area contributed by atoms with Gasteiger partial charge in [-0.1, -0.05) is 13.8 Å². The number of aliphatic imine (C=N–C) groups is 1. The third kappa shape index (κ3) is 12.7. The number of hydrogen-bond acceptors (Lipinski definition) is 3. The highest BCUT2D eigenvalue weighted by atomic mass is 127. The molecule has 0 aromatic rings. The van der Waals surface area contributed by atoms with Gasteiger partial charge < -0.3 is 10.6 Å². The van der Waals surface area contributed by atoms with Crippen LogP contribution in [-0.2, 0) is 9.84 Å². The number of guanidine groups is 1. The predicted octanol–water partition coefficient (Wildman–Crippen LogP) is 1.64. The number of nitrogens with one attached hydrogen (secondary N) is 2. The summed E-state index contributed by atoms with van der Waals surface area (Å²) in [5.74, 6) is 1.47. The molecule has 0 aliphatic rings. The van der Waals surface area contributed by atoms with Gasteiger partial charge in [0.05, 0.1) is 5.75 Å². The fourth-order valence-electron chi connectivity index (χ4n) is 1.22. The Labute approximate surface area is 135 Å². The molecule has 0 aromatic heterocycles. The molecular weight excluding hydrogens is 377 g/mol. The Hall–Kier alpha value is -0.0500. The molecule has 0 aliphatic carbocycles. The number of halogens is 1. The molecule has 0 rings (SSSR count). The first-order valence-corrected chi connectivity index (χ1v) is 8.55. The summed E-state index contributed by atoms with van der Waals surface area (Å²) in [6, 6.07) is 0.331. The first-order chi connectivity index (χ1) is 8.26. The van der Waals surface area contributed by atoms with E-state index in [0.29, 0.717) is 24.9 Å². The Balaban J connectivity index is 0. The van der Waals surface area contributed by atoms with Crippen molar-refractivity contribution in [3.63, 3.8) is 0 Å². The van der Waals surface area contributed by atoms with Gasteiger partial charge in [0.15, 0.2) is 5.96 Å². The van der Waals surface area contributed by atoms with Crippen molar-refractivity contribution < 1.29 is 8.42 Å². The molecule has 1 unspecified atom stereocenters. The van der Waals surface area contributed by atoms with Crippen LogP contribution in [0, 0.1) is 5.92 Å². The molecule has 7 heteroatoms. The van der Waals surface area contributed by atoms with Crippen LogP contribution in [0.2, 0.25) is 0 Å². The standard InChI is InChI=1S/C12H27N3O2S.HI/c1-6-13-12(15-11(4)10(2)3)14-8-7-9-18(5,16)17;/h10-11H,6-9H2,1-5H3,(H2,13,14,15);1H. The lowest BCUT2D eigenvalue weighted by atomic mass is 10.1. The summed E-state index contributed by atoms with van der Waals surface area (Å²) in [5, 5.41) is 6.46. The average Bonchev–Trinajstić information content (AvgIpc) is 2.22.